The minimum atomic E-state index is 0.676. The molecule has 0 aliphatic carbocycles. The van der Waals surface area contributed by atoms with E-state index in [0.717, 1.165) is 18.7 Å². The lowest BCUT2D eigenvalue weighted by Gasteiger charge is -2.14. The van der Waals surface area contributed by atoms with Crippen molar-refractivity contribution in [3.8, 4) is 5.75 Å². The molecule has 0 bridgehead atoms. The van der Waals surface area contributed by atoms with Crippen molar-refractivity contribution in [2.45, 2.75) is 13.0 Å². The maximum absolute atomic E-state index is 5.67. The van der Waals surface area contributed by atoms with Crippen LogP contribution < -0.4 is 10.5 Å². The monoisotopic (exact) mass is 208 g/mol. The number of benzene rings is 1. The quantitative estimate of drug-likeness (QED) is 0.720. The van der Waals surface area contributed by atoms with Gasteiger partial charge in [-0.2, -0.15) is 0 Å². The van der Waals surface area contributed by atoms with Crippen molar-refractivity contribution in [1.82, 2.24) is 4.90 Å². The van der Waals surface area contributed by atoms with Crippen molar-refractivity contribution in [1.29, 1.82) is 0 Å². The lowest BCUT2D eigenvalue weighted by atomic mass is 10.2. The van der Waals surface area contributed by atoms with Crippen LogP contribution in [0.15, 0.2) is 24.3 Å². The lowest BCUT2D eigenvalue weighted by Crippen LogP contribution is -2.13. The smallest absolute Gasteiger partial charge is 0.123 e. The van der Waals surface area contributed by atoms with E-state index < -0.39 is 0 Å². The Balaban J connectivity index is 2.60. The normalized spacial score (nSPS) is 10.7. The molecule has 15 heavy (non-hydrogen) atoms. The van der Waals surface area contributed by atoms with Crippen LogP contribution in [-0.2, 0) is 6.54 Å². The van der Waals surface area contributed by atoms with Crippen molar-refractivity contribution in [3.05, 3.63) is 29.8 Å². The molecule has 0 radical (unpaired) electrons. The van der Waals surface area contributed by atoms with Crippen LogP contribution >= 0.6 is 0 Å². The second-order valence-corrected chi connectivity index (χ2v) is 3.84. The molecule has 1 aromatic rings. The van der Waals surface area contributed by atoms with Gasteiger partial charge in [0.25, 0.3) is 0 Å². The number of hydrogen-bond acceptors (Lipinski definition) is 3. The lowest BCUT2D eigenvalue weighted by molar-refractivity contribution is 0.302. The molecule has 0 unspecified atom stereocenters. The van der Waals surface area contributed by atoms with E-state index >= 15 is 0 Å². The van der Waals surface area contributed by atoms with Crippen molar-refractivity contribution >= 4 is 0 Å². The average molecular weight is 208 g/mol. The molecular formula is C12H20N2O. The Labute approximate surface area is 91.8 Å². The molecule has 3 heteroatoms. The molecule has 1 aromatic carbocycles. The number of rotatable bonds is 6. The average Bonchev–Trinajstić information content (AvgIpc) is 2.20. The second-order valence-electron chi connectivity index (χ2n) is 3.84. The first-order chi connectivity index (χ1) is 7.24. The van der Waals surface area contributed by atoms with Crippen LogP contribution in [0, 0.1) is 0 Å². The summed E-state index contributed by atoms with van der Waals surface area (Å²) in [6.45, 7) is 2.27. The number of nitrogens with two attached hydrogens (primary N) is 1. The molecule has 84 valence electrons. The van der Waals surface area contributed by atoms with Crippen LogP contribution in [0.2, 0.25) is 0 Å². The summed E-state index contributed by atoms with van der Waals surface area (Å²) in [5.41, 5.74) is 6.65. The van der Waals surface area contributed by atoms with Gasteiger partial charge in [0.2, 0.25) is 0 Å². The molecule has 0 aromatic heterocycles. The molecule has 0 spiro atoms. The van der Waals surface area contributed by atoms with Gasteiger partial charge in [0.1, 0.15) is 5.75 Å². The highest BCUT2D eigenvalue weighted by Gasteiger charge is 2.03. The van der Waals surface area contributed by atoms with Gasteiger partial charge in [-0.3, -0.25) is 0 Å². The van der Waals surface area contributed by atoms with Crippen molar-refractivity contribution in [2.24, 2.45) is 5.73 Å². The third-order valence-electron chi connectivity index (χ3n) is 2.07. The van der Waals surface area contributed by atoms with Crippen molar-refractivity contribution in [3.63, 3.8) is 0 Å². The van der Waals surface area contributed by atoms with Gasteiger partial charge in [-0.15, -0.1) is 0 Å². The Bertz CT molecular complexity index is 287. The van der Waals surface area contributed by atoms with Gasteiger partial charge in [-0.25, -0.2) is 0 Å². The van der Waals surface area contributed by atoms with Crippen LogP contribution in [0.4, 0.5) is 0 Å². The van der Waals surface area contributed by atoms with E-state index in [1.54, 1.807) is 0 Å². The topological polar surface area (TPSA) is 38.5 Å². The number of hydrogen-bond donors (Lipinski definition) is 1. The molecule has 0 aliphatic heterocycles. The highest BCUT2D eigenvalue weighted by molar-refractivity contribution is 5.33. The van der Waals surface area contributed by atoms with Crippen LogP contribution in [0.5, 0.6) is 5.75 Å². The highest BCUT2D eigenvalue weighted by atomic mass is 16.5. The Morgan fingerprint density at radius 3 is 2.67 bits per heavy atom. The van der Waals surface area contributed by atoms with E-state index in [4.69, 9.17) is 10.5 Å². The summed E-state index contributed by atoms with van der Waals surface area (Å²) in [6.07, 6.45) is 0.899. The van der Waals surface area contributed by atoms with E-state index in [2.05, 4.69) is 25.1 Å². The zero-order valence-electron chi connectivity index (χ0n) is 9.57. The third-order valence-corrected chi connectivity index (χ3v) is 2.07. The summed E-state index contributed by atoms with van der Waals surface area (Å²) in [4.78, 5) is 2.13. The zero-order chi connectivity index (χ0) is 11.1. The van der Waals surface area contributed by atoms with E-state index in [9.17, 15) is 0 Å². The molecule has 0 aliphatic rings. The van der Waals surface area contributed by atoms with Crippen molar-refractivity contribution < 1.29 is 4.74 Å². The first-order valence-electron chi connectivity index (χ1n) is 5.29. The number of nitrogens with zero attached hydrogens (tertiary/aromatic N) is 1. The van der Waals surface area contributed by atoms with Gasteiger partial charge >= 0.3 is 0 Å². The molecular weight excluding hydrogens is 188 g/mol. The Hall–Kier alpha value is -1.06. The summed E-state index contributed by atoms with van der Waals surface area (Å²) in [6, 6.07) is 8.14. The summed E-state index contributed by atoms with van der Waals surface area (Å²) in [5, 5.41) is 0. The summed E-state index contributed by atoms with van der Waals surface area (Å²) in [5.74, 6) is 0.972. The minimum Gasteiger partial charge on any atom is -0.493 e. The van der Waals surface area contributed by atoms with E-state index in [0.29, 0.717) is 13.2 Å². The van der Waals surface area contributed by atoms with Crippen molar-refractivity contribution in [2.75, 3.05) is 27.2 Å². The molecule has 0 atom stereocenters. The van der Waals surface area contributed by atoms with Gasteiger partial charge in [-0.05, 0) is 33.1 Å². The van der Waals surface area contributed by atoms with E-state index in [1.807, 2.05) is 18.2 Å². The van der Waals surface area contributed by atoms with Gasteiger partial charge in [0.15, 0.2) is 0 Å². The van der Waals surface area contributed by atoms with Gasteiger partial charge < -0.3 is 15.4 Å². The molecule has 3 nitrogen and oxygen atoms in total. The zero-order valence-corrected chi connectivity index (χ0v) is 9.57. The van der Waals surface area contributed by atoms with Crippen LogP contribution in [0.1, 0.15) is 12.0 Å². The molecule has 0 fully saturated rings. The number of ether oxygens (including phenoxy) is 1. The summed E-state index contributed by atoms with van der Waals surface area (Å²) < 4.78 is 5.67. The highest BCUT2D eigenvalue weighted by Crippen LogP contribution is 2.18. The van der Waals surface area contributed by atoms with Gasteiger partial charge in [0.05, 0.1) is 6.61 Å². The van der Waals surface area contributed by atoms with Crippen LogP contribution in [0.3, 0.4) is 0 Å². The second kappa shape index (κ2) is 6.43. The maximum Gasteiger partial charge on any atom is 0.123 e. The fourth-order valence-electron chi connectivity index (χ4n) is 1.38. The minimum absolute atomic E-state index is 0.676. The van der Waals surface area contributed by atoms with E-state index in [1.165, 1.54) is 5.56 Å². The summed E-state index contributed by atoms with van der Waals surface area (Å²) in [7, 11) is 4.10. The fourth-order valence-corrected chi connectivity index (χ4v) is 1.38. The number of para-hydroxylation sites is 1. The Kier molecular flexibility index (Phi) is 5.15. The fraction of sp³-hybridized carbons (Fsp3) is 0.500. The molecule has 0 heterocycles. The van der Waals surface area contributed by atoms with Gasteiger partial charge in [0, 0.05) is 12.1 Å². The summed E-state index contributed by atoms with van der Waals surface area (Å²) >= 11 is 0. The Morgan fingerprint density at radius 2 is 2.00 bits per heavy atom. The molecule has 0 saturated carbocycles. The molecule has 1 rings (SSSR count). The van der Waals surface area contributed by atoms with Crippen LogP contribution in [-0.4, -0.2) is 32.1 Å². The first kappa shape index (κ1) is 12.0. The Morgan fingerprint density at radius 1 is 1.27 bits per heavy atom. The molecule has 0 saturated heterocycles. The predicted octanol–water partition coefficient (Wildman–Crippen LogP) is 1.48. The first-order valence-corrected chi connectivity index (χ1v) is 5.29. The molecule has 0 amide bonds. The van der Waals surface area contributed by atoms with Crippen LogP contribution in [0.25, 0.3) is 0 Å². The standard InChI is InChI=1S/C12H20N2O/c1-14(2)10-11-6-3-4-7-12(11)15-9-5-8-13/h3-4,6-7H,5,8-10,13H2,1-2H3. The molecule has 2 N–H and O–H groups in total. The van der Waals surface area contributed by atoms with Gasteiger partial charge in [-0.1, -0.05) is 18.2 Å². The maximum atomic E-state index is 5.67. The third kappa shape index (κ3) is 4.32. The predicted molar refractivity (Wildman–Crippen MR) is 63.0 cm³/mol. The SMILES string of the molecule is CN(C)Cc1ccccc1OCCCN. The largest absolute Gasteiger partial charge is 0.493 e. The van der Waals surface area contributed by atoms with E-state index in [-0.39, 0.29) is 0 Å².